The van der Waals surface area contributed by atoms with E-state index in [1.54, 1.807) is 4.90 Å². The molecule has 3 nitrogen and oxygen atoms in total. The Hall–Kier alpha value is -2.26. The molecule has 0 aliphatic carbocycles. The third kappa shape index (κ3) is 3.26. The number of carbonyl (C=O) groups excluding carboxylic acids is 1. The third-order valence-corrected chi connectivity index (χ3v) is 3.61. The van der Waals surface area contributed by atoms with Crippen LogP contribution >= 0.6 is 11.6 Å². The first-order valence-electron chi connectivity index (χ1n) is 6.81. The second-order valence-electron chi connectivity index (χ2n) is 4.86. The predicted octanol–water partition coefficient (Wildman–Crippen LogP) is 4.04. The third-order valence-electron chi connectivity index (χ3n) is 3.38. The lowest BCUT2D eigenvalue weighted by atomic mass is 10.1. The molecule has 4 heteroatoms. The number of hydrogen-bond acceptors (Lipinski definition) is 1. The first-order chi connectivity index (χ1) is 10.2. The molecule has 0 atom stereocenters. The fourth-order valence-corrected chi connectivity index (χ4v) is 2.48. The number of benzene rings is 2. The van der Waals surface area contributed by atoms with Crippen molar-refractivity contribution in [2.24, 2.45) is 0 Å². The van der Waals surface area contributed by atoms with Crippen molar-refractivity contribution in [1.29, 1.82) is 0 Å². The van der Waals surface area contributed by atoms with Gasteiger partial charge in [0.15, 0.2) is 0 Å². The van der Waals surface area contributed by atoms with E-state index in [0.29, 0.717) is 6.54 Å². The van der Waals surface area contributed by atoms with Gasteiger partial charge in [-0.25, -0.2) is 4.79 Å². The van der Waals surface area contributed by atoms with Gasteiger partial charge < -0.3 is 5.32 Å². The van der Waals surface area contributed by atoms with Crippen LogP contribution in [0.5, 0.6) is 0 Å². The van der Waals surface area contributed by atoms with Crippen molar-refractivity contribution in [2.75, 3.05) is 18.0 Å². The normalized spacial score (nSPS) is 14.7. The van der Waals surface area contributed by atoms with Gasteiger partial charge in [-0.2, -0.15) is 0 Å². The zero-order chi connectivity index (χ0) is 14.7. The van der Waals surface area contributed by atoms with Gasteiger partial charge in [-0.1, -0.05) is 48.0 Å². The molecule has 0 spiro atoms. The lowest BCUT2D eigenvalue weighted by molar-refractivity contribution is 0.252. The fourth-order valence-electron chi connectivity index (χ4n) is 2.29. The van der Waals surface area contributed by atoms with Gasteiger partial charge in [0, 0.05) is 23.8 Å². The summed E-state index contributed by atoms with van der Waals surface area (Å²) in [7, 11) is 0. The maximum absolute atomic E-state index is 11.6. The summed E-state index contributed by atoms with van der Waals surface area (Å²) >= 11 is 5.96. The summed E-state index contributed by atoms with van der Waals surface area (Å²) in [5.74, 6) is 0. The van der Waals surface area contributed by atoms with Gasteiger partial charge in [-0.15, -0.1) is 0 Å². The van der Waals surface area contributed by atoms with E-state index in [0.717, 1.165) is 28.4 Å². The van der Waals surface area contributed by atoms with Crippen LogP contribution in [0, 0.1) is 0 Å². The van der Waals surface area contributed by atoms with Crippen LogP contribution in [-0.2, 0) is 0 Å². The molecule has 2 amide bonds. The van der Waals surface area contributed by atoms with Crippen molar-refractivity contribution in [1.82, 2.24) is 5.32 Å². The zero-order valence-electron chi connectivity index (χ0n) is 11.4. The van der Waals surface area contributed by atoms with E-state index < -0.39 is 0 Å². The van der Waals surface area contributed by atoms with E-state index in [1.165, 1.54) is 0 Å². The van der Waals surface area contributed by atoms with Crippen LogP contribution in [-0.4, -0.2) is 19.1 Å². The van der Waals surface area contributed by atoms with Crippen molar-refractivity contribution in [3.8, 4) is 0 Å². The lowest BCUT2D eigenvalue weighted by Crippen LogP contribution is -2.27. The highest BCUT2D eigenvalue weighted by molar-refractivity contribution is 6.30. The number of anilines is 1. The quantitative estimate of drug-likeness (QED) is 0.852. The first-order valence-corrected chi connectivity index (χ1v) is 7.19. The molecule has 2 aromatic rings. The minimum Gasteiger partial charge on any atom is -0.336 e. The van der Waals surface area contributed by atoms with Gasteiger partial charge in [-0.05, 0) is 35.4 Å². The molecular formula is C17H15ClN2O. The molecule has 2 aromatic carbocycles. The second kappa shape index (κ2) is 6.02. The molecule has 0 radical (unpaired) electrons. The molecule has 3 rings (SSSR count). The number of urea groups is 1. The van der Waals surface area contributed by atoms with Crippen LogP contribution in [0.15, 0.2) is 48.5 Å². The van der Waals surface area contributed by atoms with Crippen LogP contribution in [0.4, 0.5) is 10.5 Å². The van der Waals surface area contributed by atoms with Gasteiger partial charge in [-0.3, -0.25) is 4.90 Å². The lowest BCUT2D eigenvalue weighted by Gasteiger charge is -2.13. The van der Waals surface area contributed by atoms with Gasteiger partial charge in [0.2, 0.25) is 0 Å². The molecule has 1 N–H and O–H groups in total. The largest absolute Gasteiger partial charge is 0.336 e. The summed E-state index contributed by atoms with van der Waals surface area (Å²) in [5.41, 5.74) is 3.06. The standard InChI is InChI=1S/C17H15ClN2O/c18-15-3-1-2-14(12-15)5-4-13-6-8-16(9-7-13)20-11-10-19-17(20)21/h1-9,12H,10-11H2,(H,19,21)/b5-4+. The van der Waals surface area contributed by atoms with Crippen LogP contribution < -0.4 is 10.2 Å². The van der Waals surface area contributed by atoms with Crippen LogP contribution in [0.1, 0.15) is 11.1 Å². The molecule has 1 fully saturated rings. The first kappa shape index (κ1) is 13.7. The van der Waals surface area contributed by atoms with Gasteiger partial charge in [0.05, 0.1) is 0 Å². The van der Waals surface area contributed by atoms with E-state index in [4.69, 9.17) is 11.6 Å². The van der Waals surface area contributed by atoms with E-state index in [1.807, 2.05) is 60.7 Å². The van der Waals surface area contributed by atoms with Crippen LogP contribution in [0.3, 0.4) is 0 Å². The number of nitrogens with one attached hydrogen (secondary N) is 1. The SMILES string of the molecule is O=C1NCCN1c1ccc(/C=C/c2cccc(Cl)c2)cc1. The fraction of sp³-hybridized carbons (Fsp3) is 0.118. The van der Waals surface area contributed by atoms with Crippen LogP contribution in [0.2, 0.25) is 5.02 Å². The second-order valence-corrected chi connectivity index (χ2v) is 5.30. The molecule has 0 unspecified atom stereocenters. The number of halogens is 1. The van der Waals surface area contributed by atoms with Crippen molar-refractivity contribution >= 4 is 35.5 Å². The summed E-state index contributed by atoms with van der Waals surface area (Å²) in [4.78, 5) is 13.3. The topological polar surface area (TPSA) is 32.3 Å². The van der Waals surface area contributed by atoms with Crippen molar-refractivity contribution < 1.29 is 4.79 Å². The highest BCUT2D eigenvalue weighted by Gasteiger charge is 2.20. The molecule has 0 aromatic heterocycles. The molecule has 0 saturated carbocycles. The van der Waals surface area contributed by atoms with Gasteiger partial charge in [0.25, 0.3) is 0 Å². The number of hydrogen-bond donors (Lipinski definition) is 1. The Labute approximate surface area is 128 Å². The molecule has 1 aliphatic heterocycles. The molecule has 1 aliphatic rings. The smallest absolute Gasteiger partial charge is 0.321 e. The summed E-state index contributed by atoms with van der Waals surface area (Å²) in [6, 6.07) is 15.6. The Morgan fingerprint density at radius 2 is 1.81 bits per heavy atom. The average molecular weight is 299 g/mol. The Kier molecular flexibility index (Phi) is 3.93. The van der Waals surface area contributed by atoms with Gasteiger partial charge in [0.1, 0.15) is 0 Å². The maximum atomic E-state index is 11.6. The summed E-state index contributed by atoms with van der Waals surface area (Å²) in [6.07, 6.45) is 4.04. The number of rotatable bonds is 3. The van der Waals surface area contributed by atoms with E-state index in [2.05, 4.69) is 5.32 Å². The van der Waals surface area contributed by atoms with E-state index in [-0.39, 0.29) is 6.03 Å². The molecule has 1 heterocycles. The highest BCUT2D eigenvalue weighted by Crippen LogP contribution is 2.19. The number of nitrogens with zero attached hydrogens (tertiary/aromatic N) is 1. The van der Waals surface area contributed by atoms with Crippen molar-refractivity contribution in [2.45, 2.75) is 0 Å². The monoisotopic (exact) mass is 298 g/mol. The molecule has 1 saturated heterocycles. The minimum absolute atomic E-state index is 0.0304. The molecule has 106 valence electrons. The predicted molar refractivity (Wildman–Crippen MR) is 87.6 cm³/mol. The van der Waals surface area contributed by atoms with E-state index >= 15 is 0 Å². The summed E-state index contributed by atoms with van der Waals surface area (Å²) < 4.78 is 0. The Balaban J connectivity index is 1.74. The summed E-state index contributed by atoms with van der Waals surface area (Å²) in [6.45, 7) is 1.42. The average Bonchev–Trinajstić information content (AvgIpc) is 2.92. The number of amides is 2. The van der Waals surface area contributed by atoms with Crippen molar-refractivity contribution in [3.05, 3.63) is 64.7 Å². The maximum Gasteiger partial charge on any atom is 0.321 e. The summed E-state index contributed by atoms with van der Waals surface area (Å²) in [5, 5.41) is 3.52. The highest BCUT2D eigenvalue weighted by atomic mass is 35.5. The molecular weight excluding hydrogens is 284 g/mol. The minimum atomic E-state index is -0.0304. The Morgan fingerprint density at radius 1 is 1.05 bits per heavy atom. The van der Waals surface area contributed by atoms with Crippen LogP contribution in [0.25, 0.3) is 12.2 Å². The Morgan fingerprint density at radius 3 is 2.48 bits per heavy atom. The van der Waals surface area contributed by atoms with E-state index in [9.17, 15) is 4.79 Å². The zero-order valence-corrected chi connectivity index (χ0v) is 12.2. The Bertz CT molecular complexity index is 679. The molecule has 21 heavy (non-hydrogen) atoms. The van der Waals surface area contributed by atoms with Crippen molar-refractivity contribution in [3.63, 3.8) is 0 Å². The number of carbonyl (C=O) groups is 1. The van der Waals surface area contributed by atoms with Gasteiger partial charge >= 0.3 is 6.03 Å². The molecule has 0 bridgehead atoms.